The second-order valence-corrected chi connectivity index (χ2v) is 5.16. The van der Waals surface area contributed by atoms with Gasteiger partial charge in [-0.25, -0.2) is 4.68 Å². The van der Waals surface area contributed by atoms with E-state index in [1.807, 2.05) is 24.3 Å². The Morgan fingerprint density at radius 1 is 1.05 bits per heavy atom. The number of aromatic nitrogens is 2. The molecule has 1 saturated heterocycles. The van der Waals surface area contributed by atoms with Crippen LogP contribution < -0.4 is 5.56 Å². The second kappa shape index (κ2) is 5.53. The molecule has 1 aliphatic heterocycles. The third-order valence-electron chi connectivity index (χ3n) is 3.84. The van der Waals surface area contributed by atoms with Gasteiger partial charge in [0.05, 0.1) is 18.1 Å². The Morgan fingerprint density at radius 2 is 1.84 bits per heavy atom. The van der Waals surface area contributed by atoms with Gasteiger partial charge in [0.15, 0.2) is 0 Å². The highest BCUT2D eigenvalue weighted by Crippen LogP contribution is 2.09. The molecule has 19 heavy (non-hydrogen) atoms. The van der Waals surface area contributed by atoms with E-state index in [0.29, 0.717) is 6.54 Å². The smallest absolute Gasteiger partial charge is 0.274 e. The fraction of sp³-hybridized carbons (Fsp3) is 0.467. The first-order valence-corrected chi connectivity index (χ1v) is 7.02. The van der Waals surface area contributed by atoms with Crippen molar-refractivity contribution in [3.8, 4) is 0 Å². The molecule has 0 aliphatic carbocycles. The standard InChI is InChI=1S/C15H19N3O/c19-15-14-7-3-2-6-13(14)12-16-18(15)11-10-17-8-4-1-5-9-17/h2-3,6-7,12H,1,4-5,8-11H2. The number of nitrogens with zero attached hydrogens (tertiary/aromatic N) is 3. The summed E-state index contributed by atoms with van der Waals surface area (Å²) >= 11 is 0. The van der Waals surface area contributed by atoms with Gasteiger partial charge in [-0.2, -0.15) is 5.10 Å². The first kappa shape index (κ1) is 12.4. The van der Waals surface area contributed by atoms with Crippen molar-refractivity contribution < 1.29 is 0 Å². The zero-order chi connectivity index (χ0) is 13.1. The maximum atomic E-state index is 12.3. The molecule has 2 aromatic rings. The van der Waals surface area contributed by atoms with Gasteiger partial charge in [0.1, 0.15) is 0 Å². The van der Waals surface area contributed by atoms with Crippen LogP contribution >= 0.6 is 0 Å². The summed E-state index contributed by atoms with van der Waals surface area (Å²) in [5.74, 6) is 0. The summed E-state index contributed by atoms with van der Waals surface area (Å²) in [6.45, 7) is 3.92. The molecule has 4 heteroatoms. The van der Waals surface area contributed by atoms with Crippen molar-refractivity contribution >= 4 is 10.8 Å². The normalized spacial score (nSPS) is 16.8. The Hall–Kier alpha value is -1.68. The molecular weight excluding hydrogens is 238 g/mol. The van der Waals surface area contributed by atoms with Crippen LogP contribution in [0, 0.1) is 0 Å². The molecule has 0 N–H and O–H groups in total. The first-order valence-electron chi connectivity index (χ1n) is 7.02. The van der Waals surface area contributed by atoms with E-state index in [4.69, 9.17) is 0 Å². The van der Waals surface area contributed by atoms with E-state index in [1.165, 1.54) is 19.3 Å². The molecule has 0 amide bonds. The van der Waals surface area contributed by atoms with Gasteiger partial charge in [-0.05, 0) is 32.0 Å². The molecule has 1 aromatic heterocycles. The maximum absolute atomic E-state index is 12.3. The highest BCUT2D eigenvalue weighted by Gasteiger charge is 2.10. The summed E-state index contributed by atoms with van der Waals surface area (Å²) in [7, 11) is 0. The molecule has 3 rings (SSSR count). The van der Waals surface area contributed by atoms with Gasteiger partial charge in [-0.15, -0.1) is 0 Å². The topological polar surface area (TPSA) is 38.1 Å². The maximum Gasteiger partial charge on any atom is 0.274 e. The number of piperidine rings is 1. The Bertz CT molecular complexity index is 614. The largest absolute Gasteiger partial charge is 0.301 e. The minimum atomic E-state index is 0.0232. The van der Waals surface area contributed by atoms with E-state index in [0.717, 1.165) is 30.4 Å². The van der Waals surface area contributed by atoms with Crippen LogP contribution in [0.5, 0.6) is 0 Å². The van der Waals surface area contributed by atoms with Crippen LogP contribution in [0.15, 0.2) is 35.3 Å². The number of rotatable bonds is 3. The third-order valence-corrected chi connectivity index (χ3v) is 3.84. The summed E-state index contributed by atoms with van der Waals surface area (Å²) in [6.07, 6.45) is 5.68. The lowest BCUT2D eigenvalue weighted by molar-refractivity contribution is 0.216. The van der Waals surface area contributed by atoms with Gasteiger partial charge in [0.25, 0.3) is 5.56 Å². The summed E-state index contributed by atoms with van der Waals surface area (Å²) in [6, 6.07) is 7.63. The Labute approximate surface area is 112 Å². The summed E-state index contributed by atoms with van der Waals surface area (Å²) in [5, 5.41) is 5.95. The molecule has 0 atom stereocenters. The highest BCUT2D eigenvalue weighted by atomic mass is 16.1. The Balaban J connectivity index is 1.77. The lowest BCUT2D eigenvalue weighted by Gasteiger charge is -2.26. The SMILES string of the molecule is O=c1c2ccccc2cnn1CCN1CCCCC1. The summed E-state index contributed by atoms with van der Waals surface area (Å²) in [4.78, 5) is 14.7. The fourth-order valence-electron chi connectivity index (χ4n) is 2.71. The van der Waals surface area contributed by atoms with Crippen molar-refractivity contribution in [2.75, 3.05) is 19.6 Å². The number of hydrogen-bond donors (Lipinski definition) is 0. The van der Waals surface area contributed by atoms with E-state index >= 15 is 0 Å². The van der Waals surface area contributed by atoms with Crippen LogP contribution in [-0.2, 0) is 6.54 Å². The molecular formula is C15H19N3O. The number of fused-ring (bicyclic) bond motifs is 1. The lowest BCUT2D eigenvalue weighted by atomic mass is 10.1. The summed E-state index contributed by atoms with van der Waals surface area (Å²) in [5.41, 5.74) is 0.0232. The van der Waals surface area contributed by atoms with Crippen LogP contribution in [0.3, 0.4) is 0 Å². The minimum absolute atomic E-state index is 0.0232. The van der Waals surface area contributed by atoms with Crippen molar-refractivity contribution in [2.24, 2.45) is 0 Å². The molecule has 4 nitrogen and oxygen atoms in total. The van der Waals surface area contributed by atoms with Crippen LogP contribution in [0.1, 0.15) is 19.3 Å². The second-order valence-electron chi connectivity index (χ2n) is 5.16. The zero-order valence-corrected chi connectivity index (χ0v) is 11.1. The van der Waals surface area contributed by atoms with Gasteiger partial charge >= 0.3 is 0 Å². The van der Waals surface area contributed by atoms with Crippen molar-refractivity contribution in [1.82, 2.24) is 14.7 Å². The molecule has 100 valence electrons. The van der Waals surface area contributed by atoms with Crippen LogP contribution in [0.4, 0.5) is 0 Å². The van der Waals surface area contributed by atoms with Gasteiger partial charge < -0.3 is 4.90 Å². The fourth-order valence-corrected chi connectivity index (χ4v) is 2.71. The molecule has 1 fully saturated rings. The van der Waals surface area contributed by atoms with Crippen molar-refractivity contribution in [3.05, 3.63) is 40.8 Å². The predicted octanol–water partition coefficient (Wildman–Crippen LogP) is 1.88. The predicted molar refractivity (Wildman–Crippen MR) is 76.3 cm³/mol. The average molecular weight is 257 g/mol. The molecule has 0 bridgehead atoms. The van der Waals surface area contributed by atoms with Gasteiger partial charge in [0.2, 0.25) is 0 Å². The first-order chi connectivity index (χ1) is 9.34. The molecule has 0 unspecified atom stereocenters. The quantitative estimate of drug-likeness (QED) is 0.842. The van der Waals surface area contributed by atoms with Gasteiger partial charge in [-0.1, -0.05) is 24.6 Å². The number of hydrogen-bond acceptors (Lipinski definition) is 3. The number of benzene rings is 1. The van der Waals surface area contributed by atoms with E-state index in [1.54, 1.807) is 10.9 Å². The monoisotopic (exact) mass is 257 g/mol. The highest BCUT2D eigenvalue weighted by molar-refractivity contribution is 5.80. The molecule has 0 radical (unpaired) electrons. The molecule has 2 heterocycles. The molecule has 0 spiro atoms. The van der Waals surface area contributed by atoms with Gasteiger partial charge in [0, 0.05) is 11.9 Å². The van der Waals surface area contributed by atoms with E-state index in [-0.39, 0.29) is 5.56 Å². The van der Waals surface area contributed by atoms with E-state index in [9.17, 15) is 4.79 Å². The number of likely N-dealkylation sites (tertiary alicyclic amines) is 1. The zero-order valence-electron chi connectivity index (χ0n) is 11.1. The molecule has 1 aromatic carbocycles. The Morgan fingerprint density at radius 3 is 2.68 bits per heavy atom. The third kappa shape index (κ3) is 2.68. The van der Waals surface area contributed by atoms with Crippen molar-refractivity contribution in [3.63, 3.8) is 0 Å². The van der Waals surface area contributed by atoms with Crippen LogP contribution in [0.2, 0.25) is 0 Å². The summed E-state index contributed by atoms with van der Waals surface area (Å²) < 4.78 is 1.59. The average Bonchev–Trinajstić information content (AvgIpc) is 2.48. The van der Waals surface area contributed by atoms with Crippen molar-refractivity contribution in [1.29, 1.82) is 0 Å². The van der Waals surface area contributed by atoms with Crippen LogP contribution in [-0.4, -0.2) is 34.3 Å². The van der Waals surface area contributed by atoms with Crippen LogP contribution in [0.25, 0.3) is 10.8 Å². The lowest BCUT2D eigenvalue weighted by Crippen LogP contribution is -2.35. The molecule has 0 saturated carbocycles. The van der Waals surface area contributed by atoms with Crippen molar-refractivity contribution in [2.45, 2.75) is 25.8 Å². The molecule has 1 aliphatic rings. The minimum Gasteiger partial charge on any atom is -0.301 e. The van der Waals surface area contributed by atoms with E-state index in [2.05, 4.69) is 10.00 Å². The van der Waals surface area contributed by atoms with E-state index < -0.39 is 0 Å². The van der Waals surface area contributed by atoms with Gasteiger partial charge in [-0.3, -0.25) is 4.79 Å². The Kier molecular flexibility index (Phi) is 3.60.